The summed E-state index contributed by atoms with van der Waals surface area (Å²) in [5.41, 5.74) is -0.785. The first kappa shape index (κ1) is 19.7. The third kappa shape index (κ3) is 3.07. The molecule has 1 fully saturated rings. The summed E-state index contributed by atoms with van der Waals surface area (Å²) in [7, 11) is -1.45. The second kappa shape index (κ2) is 6.83. The number of amidine groups is 1. The quantitative estimate of drug-likeness (QED) is 0.376. The fourth-order valence-corrected chi connectivity index (χ4v) is 8.27. The van der Waals surface area contributed by atoms with Crippen molar-refractivity contribution in [1.82, 2.24) is 10.0 Å². The predicted molar refractivity (Wildman–Crippen MR) is 110 cm³/mol. The number of carboxylic acid groups (broad SMARTS) is 1. The standard InChI is InChI=1S/C17H23FIN3O3S/c1-16(12-9-11(19)5-6-13(12)18)10-26(25,20-2)17(7-3-4-8-17)14(22-16)21-15(23)24/h5-6,9,26H,3-4,7-8,10H2,1-2H3,(H,20,25)(H,21,22)(H,23,24)/t16-/m0/s1. The van der Waals surface area contributed by atoms with Crippen molar-refractivity contribution in [3.05, 3.63) is 33.1 Å². The lowest BCUT2D eigenvalue weighted by Crippen LogP contribution is -2.65. The summed E-state index contributed by atoms with van der Waals surface area (Å²) in [5, 5.41) is 11.7. The highest BCUT2D eigenvalue weighted by Gasteiger charge is 2.56. The minimum absolute atomic E-state index is 0.151. The zero-order chi connectivity index (χ0) is 19.2. The van der Waals surface area contributed by atoms with Gasteiger partial charge in [-0.1, -0.05) is 12.8 Å². The average molecular weight is 495 g/mol. The van der Waals surface area contributed by atoms with Crippen LogP contribution in [0.3, 0.4) is 0 Å². The molecular weight excluding hydrogens is 472 g/mol. The molecule has 1 spiro atoms. The molecule has 1 heterocycles. The van der Waals surface area contributed by atoms with Gasteiger partial charge in [-0.25, -0.2) is 9.18 Å². The van der Waals surface area contributed by atoms with Crippen LogP contribution in [0.1, 0.15) is 38.2 Å². The number of amides is 1. The van der Waals surface area contributed by atoms with Crippen molar-refractivity contribution in [1.29, 1.82) is 0 Å². The largest absolute Gasteiger partial charge is 0.465 e. The number of benzene rings is 1. The van der Waals surface area contributed by atoms with Crippen LogP contribution in [0.5, 0.6) is 0 Å². The van der Waals surface area contributed by atoms with E-state index in [0.717, 1.165) is 16.4 Å². The Morgan fingerprint density at radius 1 is 1.38 bits per heavy atom. The van der Waals surface area contributed by atoms with Crippen LogP contribution in [-0.4, -0.2) is 38.8 Å². The van der Waals surface area contributed by atoms with Gasteiger partial charge in [-0.15, -0.1) is 0 Å². The van der Waals surface area contributed by atoms with Crippen molar-refractivity contribution >= 4 is 44.6 Å². The molecule has 1 atom stereocenters. The Labute approximate surface area is 166 Å². The maximum atomic E-state index is 14.6. The molecule has 3 N–H and O–H groups in total. The highest BCUT2D eigenvalue weighted by atomic mass is 127. The van der Waals surface area contributed by atoms with Gasteiger partial charge in [0.15, 0.2) is 0 Å². The molecule has 9 heteroatoms. The Kier molecular flexibility index (Phi) is 5.17. The predicted octanol–water partition coefficient (Wildman–Crippen LogP) is 2.79. The van der Waals surface area contributed by atoms with Gasteiger partial charge in [0.1, 0.15) is 11.7 Å². The molecule has 1 aliphatic carbocycles. The van der Waals surface area contributed by atoms with Gasteiger partial charge in [-0.3, -0.25) is 19.2 Å². The molecule has 1 aliphatic heterocycles. The minimum Gasteiger partial charge on any atom is -0.465 e. The number of halogens is 2. The molecule has 1 aromatic rings. The van der Waals surface area contributed by atoms with Gasteiger partial charge in [0.2, 0.25) is 0 Å². The van der Waals surface area contributed by atoms with Crippen molar-refractivity contribution in [2.75, 3.05) is 12.8 Å². The second-order valence-electron chi connectivity index (χ2n) is 7.15. The van der Waals surface area contributed by atoms with Gasteiger partial charge >= 0.3 is 6.09 Å². The number of rotatable bonds is 2. The first-order chi connectivity index (χ1) is 12.2. The molecule has 0 aromatic heterocycles. The number of hydrogen-bond acceptors (Lipinski definition) is 3. The van der Waals surface area contributed by atoms with Crippen molar-refractivity contribution in [2.45, 2.75) is 42.9 Å². The van der Waals surface area contributed by atoms with Crippen molar-refractivity contribution in [2.24, 2.45) is 4.99 Å². The Hall–Kier alpha value is -1.07. The van der Waals surface area contributed by atoms with Crippen LogP contribution in [0.15, 0.2) is 23.2 Å². The fourth-order valence-electron chi connectivity index (χ4n) is 4.29. The van der Waals surface area contributed by atoms with Crippen molar-refractivity contribution in [3.8, 4) is 0 Å². The van der Waals surface area contributed by atoms with Crippen molar-refractivity contribution < 1.29 is 18.5 Å². The smallest absolute Gasteiger partial charge is 0.410 e. The van der Waals surface area contributed by atoms with E-state index in [1.54, 1.807) is 26.1 Å². The topological polar surface area (TPSA) is 90.8 Å². The van der Waals surface area contributed by atoms with Gasteiger partial charge < -0.3 is 5.11 Å². The molecule has 1 amide bonds. The summed E-state index contributed by atoms with van der Waals surface area (Å²) in [5.74, 6) is -0.0817. The number of aliphatic imine (C=N–C) groups is 1. The summed E-state index contributed by atoms with van der Waals surface area (Å²) in [6.07, 6.45) is 1.69. The Morgan fingerprint density at radius 2 is 2.04 bits per heavy atom. The maximum absolute atomic E-state index is 14.6. The summed E-state index contributed by atoms with van der Waals surface area (Å²) in [4.78, 5) is 16.1. The molecule has 6 nitrogen and oxygen atoms in total. The van der Waals surface area contributed by atoms with Crippen LogP contribution in [0.25, 0.3) is 0 Å². The lowest BCUT2D eigenvalue weighted by Gasteiger charge is -2.50. The summed E-state index contributed by atoms with van der Waals surface area (Å²) in [6, 6.07) is 4.71. The molecule has 26 heavy (non-hydrogen) atoms. The number of hydrogen-bond donors (Lipinski definition) is 4. The summed E-state index contributed by atoms with van der Waals surface area (Å²) >= 11 is 2.09. The number of nitrogens with zero attached hydrogens (tertiary/aromatic N) is 1. The van der Waals surface area contributed by atoms with Gasteiger partial charge in [0, 0.05) is 14.9 Å². The van der Waals surface area contributed by atoms with Gasteiger partial charge in [0.05, 0.1) is 10.3 Å². The lowest BCUT2D eigenvalue weighted by molar-refractivity contribution is 0.199. The third-order valence-corrected chi connectivity index (χ3v) is 10.0. The normalized spacial score (nSPS) is 27.8. The molecule has 1 aromatic carbocycles. The van der Waals surface area contributed by atoms with Crippen molar-refractivity contribution in [3.63, 3.8) is 0 Å². The number of thiol groups is 1. The van der Waals surface area contributed by atoms with Crippen LogP contribution in [-0.2, 0) is 15.7 Å². The summed E-state index contributed by atoms with van der Waals surface area (Å²) < 4.78 is 31.6. The van der Waals surface area contributed by atoms with E-state index in [1.807, 2.05) is 0 Å². The Morgan fingerprint density at radius 3 is 2.62 bits per heavy atom. The maximum Gasteiger partial charge on any atom is 0.410 e. The molecular formula is C17H23FIN3O3S. The third-order valence-electron chi connectivity index (χ3n) is 5.55. The van der Waals surface area contributed by atoms with Gasteiger partial charge in [-0.2, -0.15) is 0 Å². The minimum atomic E-state index is -3.08. The number of carbonyl (C=O) groups is 1. The SMILES string of the molecule is CN[SH]1(=O)C[C@@](C)(c2cc(I)ccc2F)N=C(NC(=O)O)C12CCCC2. The zero-order valence-electron chi connectivity index (χ0n) is 14.7. The molecule has 2 aliphatic rings. The van der Waals surface area contributed by atoms with E-state index < -0.39 is 32.3 Å². The van der Waals surface area contributed by atoms with E-state index >= 15 is 0 Å². The van der Waals surface area contributed by atoms with E-state index in [-0.39, 0.29) is 11.6 Å². The lowest BCUT2D eigenvalue weighted by atomic mass is 9.92. The highest BCUT2D eigenvalue weighted by Crippen LogP contribution is 2.48. The summed E-state index contributed by atoms with van der Waals surface area (Å²) in [6.45, 7) is 1.72. The van der Waals surface area contributed by atoms with Crippen LogP contribution < -0.4 is 10.0 Å². The van der Waals surface area contributed by atoms with Crippen LogP contribution >= 0.6 is 22.6 Å². The van der Waals surface area contributed by atoms with Gasteiger partial charge in [0.25, 0.3) is 0 Å². The van der Waals surface area contributed by atoms with E-state index in [0.29, 0.717) is 18.4 Å². The molecule has 0 radical (unpaired) electrons. The van der Waals surface area contributed by atoms with Crippen LogP contribution in [0.2, 0.25) is 0 Å². The molecule has 0 saturated heterocycles. The fraction of sp³-hybridized carbons (Fsp3) is 0.529. The highest BCUT2D eigenvalue weighted by molar-refractivity contribution is 14.1. The molecule has 0 unspecified atom stereocenters. The monoisotopic (exact) mass is 495 g/mol. The first-order valence-corrected chi connectivity index (χ1v) is 11.5. The van der Waals surface area contributed by atoms with Crippen LogP contribution in [0, 0.1) is 9.39 Å². The zero-order valence-corrected chi connectivity index (χ0v) is 17.7. The molecule has 144 valence electrons. The molecule has 3 rings (SSSR count). The average Bonchev–Trinajstić information content (AvgIpc) is 3.06. The van der Waals surface area contributed by atoms with E-state index in [2.05, 4.69) is 37.6 Å². The second-order valence-corrected chi connectivity index (χ2v) is 11.5. The first-order valence-electron chi connectivity index (χ1n) is 8.50. The molecule has 1 saturated carbocycles. The number of nitrogens with one attached hydrogen (secondary N) is 2. The van der Waals surface area contributed by atoms with Crippen LogP contribution in [0.4, 0.5) is 9.18 Å². The Bertz CT molecular complexity index is 825. The van der Waals surface area contributed by atoms with E-state index in [1.165, 1.54) is 6.07 Å². The van der Waals surface area contributed by atoms with E-state index in [4.69, 9.17) is 0 Å². The van der Waals surface area contributed by atoms with Gasteiger partial charge in [-0.05, 0) is 77.7 Å². The Balaban J connectivity index is 2.23. The van der Waals surface area contributed by atoms with E-state index in [9.17, 15) is 18.5 Å². The molecule has 0 bridgehead atoms.